The smallest absolute Gasteiger partial charge is 0.253 e. The minimum atomic E-state index is 0. The summed E-state index contributed by atoms with van der Waals surface area (Å²) in [5.74, 6) is 1.68. The first-order valence-corrected chi connectivity index (χ1v) is 10.2. The Bertz CT molecular complexity index is 886. The van der Waals surface area contributed by atoms with Gasteiger partial charge in [0, 0.05) is 52.4 Å². The fraction of sp³-hybridized carbons (Fsp3) is 0.391. The number of guanidine groups is 1. The molecule has 2 aromatic carbocycles. The Hall–Kier alpha value is -2.49. The number of anilines is 1. The van der Waals surface area contributed by atoms with Crippen LogP contribution in [0.15, 0.2) is 53.5 Å². The first-order chi connectivity index (χ1) is 14.5. The van der Waals surface area contributed by atoms with Crippen LogP contribution in [0.4, 0.5) is 5.69 Å². The first kappa shape index (κ1) is 24.8. The van der Waals surface area contributed by atoms with Crippen LogP contribution in [0.1, 0.15) is 22.3 Å². The maximum absolute atomic E-state index is 12.0. The third-order valence-electron chi connectivity index (χ3n) is 5.25. The van der Waals surface area contributed by atoms with Crippen LogP contribution in [0, 0.1) is 0 Å². The van der Waals surface area contributed by atoms with Crippen molar-refractivity contribution < 1.29 is 9.53 Å². The highest BCUT2D eigenvalue weighted by Crippen LogP contribution is 2.30. The number of hydrogen-bond donors (Lipinski definition) is 2. The van der Waals surface area contributed by atoms with Gasteiger partial charge in [0.05, 0.1) is 12.8 Å². The molecule has 1 fully saturated rings. The maximum Gasteiger partial charge on any atom is 0.253 e. The Labute approximate surface area is 201 Å². The number of ether oxygens (including phenoxy) is 1. The van der Waals surface area contributed by atoms with Crippen LogP contribution in [0.25, 0.3) is 0 Å². The number of methoxy groups -OCH3 is 1. The Kier molecular flexibility index (Phi) is 9.42. The second kappa shape index (κ2) is 11.8. The quantitative estimate of drug-likeness (QED) is 0.337. The zero-order valence-electron chi connectivity index (χ0n) is 18.6. The monoisotopic (exact) mass is 537 g/mol. The second-order valence-electron chi connectivity index (χ2n) is 7.57. The predicted molar refractivity (Wildman–Crippen MR) is 137 cm³/mol. The molecule has 1 amide bonds. The summed E-state index contributed by atoms with van der Waals surface area (Å²) in [6.07, 6.45) is 1.03. The maximum atomic E-state index is 12.0. The molecule has 0 radical (unpaired) electrons. The van der Waals surface area contributed by atoms with Crippen molar-refractivity contribution in [3.8, 4) is 5.75 Å². The normalized spacial score (nSPS) is 15.8. The summed E-state index contributed by atoms with van der Waals surface area (Å²) < 4.78 is 5.50. The highest BCUT2D eigenvalue weighted by Gasteiger charge is 2.25. The van der Waals surface area contributed by atoms with Crippen molar-refractivity contribution in [1.29, 1.82) is 0 Å². The molecule has 168 valence electrons. The van der Waals surface area contributed by atoms with Crippen LogP contribution in [0.2, 0.25) is 0 Å². The standard InChI is InChI=1S/C23H31N5O2.HI/c1-24-23(25-15-17-9-11-18(12-10-17)22(29)27(2)3)26-19-13-14-28(16-19)20-7-5-6-8-21(20)30-4;/h5-12,19H,13-16H2,1-4H3,(H2,24,25,26);1H. The van der Waals surface area contributed by atoms with E-state index in [9.17, 15) is 4.79 Å². The van der Waals surface area contributed by atoms with Gasteiger partial charge in [0.2, 0.25) is 0 Å². The number of amides is 1. The lowest BCUT2D eigenvalue weighted by molar-refractivity contribution is 0.0827. The van der Waals surface area contributed by atoms with Gasteiger partial charge in [0.25, 0.3) is 5.91 Å². The first-order valence-electron chi connectivity index (χ1n) is 10.2. The summed E-state index contributed by atoms with van der Waals surface area (Å²) in [6.45, 7) is 2.50. The number of benzene rings is 2. The Morgan fingerprint density at radius 3 is 2.55 bits per heavy atom. The van der Waals surface area contributed by atoms with Gasteiger partial charge < -0.3 is 25.2 Å². The van der Waals surface area contributed by atoms with E-state index in [2.05, 4.69) is 26.6 Å². The summed E-state index contributed by atoms with van der Waals surface area (Å²) in [5, 5.41) is 6.87. The van der Waals surface area contributed by atoms with E-state index in [1.807, 2.05) is 42.5 Å². The number of rotatable bonds is 6. The second-order valence-corrected chi connectivity index (χ2v) is 7.57. The Morgan fingerprint density at radius 2 is 1.90 bits per heavy atom. The molecule has 1 unspecified atom stereocenters. The SMILES string of the molecule is CN=C(NCc1ccc(C(=O)N(C)C)cc1)NC1CCN(c2ccccc2OC)C1.I. The van der Waals surface area contributed by atoms with E-state index >= 15 is 0 Å². The van der Waals surface area contributed by atoms with Crippen molar-refractivity contribution in [3.63, 3.8) is 0 Å². The average molecular weight is 537 g/mol. The molecule has 1 saturated heterocycles. The van der Waals surface area contributed by atoms with Gasteiger partial charge in [-0.15, -0.1) is 24.0 Å². The molecule has 31 heavy (non-hydrogen) atoms. The third kappa shape index (κ3) is 6.49. The van der Waals surface area contributed by atoms with Crippen molar-refractivity contribution >= 4 is 41.5 Å². The van der Waals surface area contributed by atoms with Gasteiger partial charge in [0.1, 0.15) is 5.75 Å². The molecule has 0 aromatic heterocycles. The molecule has 0 spiro atoms. The third-order valence-corrected chi connectivity index (χ3v) is 5.25. The van der Waals surface area contributed by atoms with Crippen LogP contribution < -0.4 is 20.3 Å². The van der Waals surface area contributed by atoms with Crippen LogP contribution >= 0.6 is 24.0 Å². The van der Waals surface area contributed by atoms with Crippen molar-refractivity contribution in [1.82, 2.24) is 15.5 Å². The highest BCUT2D eigenvalue weighted by atomic mass is 127. The van der Waals surface area contributed by atoms with Gasteiger partial charge in [-0.05, 0) is 36.2 Å². The summed E-state index contributed by atoms with van der Waals surface area (Å²) in [4.78, 5) is 20.3. The zero-order chi connectivity index (χ0) is 21.5. The molecule has 0 bridgehead atoms. The molecular formula is C23H32IN5O2. The van der Waals surface area contributed by atoms with Crippen molar-refractivity contribution in [3.05, 3.63) is 59.7 Å². The summed E-state index contributed by atoms with van der Waals surface area (Å²) in [7, 11) is 7.00. The van der Waals surface area contributed by atoms with E-state index in [-0.39, 0.29) is 29.9 Å². The molecular weight excluding hydrogens is 505 g/mol. The summed E-state index contributed by atoms with van der Waals surface area (Å²) in [5.41, 5.74) is 2.91. The number of halogens is 1. The molecule has 8 heteroatoms. The van der Waals surface area contributed by atoms with Crippen LogP contribution in [0.3, 0.4) is 0 Å². The molecule has 1 aliphatic heterocycles. The molecule has 0 saturated carbocycles. The van der Waals surface area contributed by atoms with Gasteiger partial charge in [-0.25, -0.2) is 0 Å². The van der Waals surface area contributed by atoms with Gasteiger partial charge in [-0.3, -0.25) is 9.79 Å². The fourth-order valence-electron chi connectivity index (χ4n) is 3.59. The predicted octanol–water partition coefficient (Wildman–Crippen LogP) is 2.96. The molecule has 2 N–H and O–H groups in total. The van der Waals surface area contributed by atoms with Gasteiger partial charge >= 0.3 is 0 Å². The number of nitrogens with one attached hydrogen (secondary N) is 2. The van der Waals surface area contributed by atoms with E-state index in [1.54, 1.807) is 33.2 Å². The van der Waals surface area contributed by atoms with Crippen molar-refractivity contribution in [2.45, 2.75) is 19.0 Å². The number of carbonyl (C=O) groups is 1. The van der Waals surface area contributed by atoms with E-state index in [4.69, 9.17) is 4.74 Å². The van der Waals surface area contributed by atoms with E-state index in [0.717, 1.165) is 42.5 Å². The number of para-hydroxylation sites is 2. The molecule has 0 aliphatic carbocycles. The van der Waals surface area contributed by atoms with Gasteiger partial charge in [-0.1, -0.05) is 24.3 Å². The molecule has 7 nitrogen and oxygen atoms in total. The Balaban J connectivity index is 0.00000341. The lowest BCUT2D eigenvalue weighted by atomic mass is 10.1. The number of nitrogens with zero attached hydrogens (tertiary/aromatic N) is 3. The lowest BCUT2D eigenvalue weighted by Gasteiger charge is -2.22. The fourth-order valence-corrected chi connectivity index (χ4v) is 3.59. The average Bonchev–Trinajstić information content (AvgIpc) is 3.24. The van der Waals surface area contributed by atoms with E-state index < -0.39 is 0 Å². The van der Waals surface area contributed by atoms with E-state index in [1.165, 1.54) is 0 Å². The van der Waals surface area contributed by atoms with Crippen molar-refractivity contribution in [2.75, 3.05) is 46.2 Å². The van der Waals surface area contributed by atoms with Crippen LogP contribution in [-0.4, -0.2) is 64.2 Å². The molecule has 1 aliphatic rings. The largest absolute Gasteiger partial charge is 0.495 e. The van der Waals surface area contributed by atoms with Crippen LogP contribution in [-0.2, 0) is 6.54 Å². The van der Waals surface area contributed by atoms with Crippen LogP contribution in [0.5, 0.6) is 5.75 Å². The van der Waals surface area contributed by atoms with Gasteiger partial charge in [-0.2, -0.15) is 0 Å². The lowest BCUT2D eigenvalue weighted by Crippen LogP contribution is -2.44. The van der Waals surface area contributed by atoms with Gasteiger partial charge in [0.15, 0.2) is 5.96 Å². The molecule has 2 aromatic rings. The molecule has 3 rings (SSSR count). The van der Waals surface area contributed by atoms with Crippen molar-refractivity contribution in [2.24, 2.45) is 4.99 Å². The minimum absolute atomic E-state index is 0. The molecule has 1 atom stereocenters. The summed E-state index contributed by atoms with van der Waals surface area (Å²) >= 11 is 0. The zero-order valence-corrected chi connectivity index (χ0v) is 20.9. The molecule has 1 heterocycles. The number of aliphatic imine (C=N–C) groups is 1. The highest BCUT2D eigenvalue weighted by molar-refractivity contribution is 14.0. The minimum Gasteiger partial charge on any atom is -0.495 e. The Morgan fingerprint density at radius 1 is 1.19 bits per heavy atom. The van der Waals surface area contributed by atoms with E-state index in [0.29, 0.717) is 18.2 Å². The summed E-state index contributed by atoms with van der Waals surface area (Å²) in [6, 6.07) is 16.1. The number of carbonyl (C=O) groups excluding carboxylic acids is 1. The number of hydrogen-bond acceptors (Lipinski definition) is 4. The topological polar surface area (TPSA) is 69.2 Å².